The molecule has 9 heteroatoms. The molecule has 152 valence electrons. The van der Waals surface area contributed by atoms with Crippen LogP contribution in [0.5, 0.6) is 0 Å². The van der Waals surface area contributed by atoms with E-state index in [-0.39, 0.29) is 24.8 Å². The van der Waals surface area contributed by atoms with Crippen molar-refractivity contribution in [3.63, 3.8) is 0 Å². The fourth-order valence-electron chi connectivity index (χ4n) is 3.17. The van der Waals surface area contributed by atoms with Crippen LogP contribution in [-0.2, 0) is 24.1 Å². The van der Waals surface area contributed by atoms with Crippen molar-refractivity contribution in [2.24, 2.45) is 0 Å². The van der Waals surface area contributed by atoms with Crippen LogP contribution in [0.1, 0.15) is 42.1 Å². The Kier molecular flexibility index (Phi) is 5.12. The summed E-state index contributed by atoms with van der Waals surface area (Å²) in [6, 6.07) is 10.9. The number of alkyl halides is 3. The molecule has 0 atom stereocenters. The van der Waals surface area contributed by atoms with Crippen LogP contribution >= 0.6 is 0 Å². The van der Waals surface area contributed by atoms with Crippen molar-refractivity contribution >= 4 is 11.6 Å². The summed E-state index contributed by atoms with van der Waals surface area (Å²) in [4.78, 5) is 12.2. The molecule has 0 bridgehead atoms. The van der Waals surface area contributed by atoms with E-state index in [1.165, 1.54) is 4.68 Å². The summed E-state index contributed by atoms with van der Waals surface area (Å²) in [6.45, 7) is 0.681. The lowest BCUT2D eigenvalue weighted by atomic mass is 10.2. The van der Waals surface area contributed by atoms with Gasteiger partial charge in [-0.15, -0.1) is 0 Å². The van der Waals surface area contributed by atoms with Gasteiger partial charge < -0.3 is 5.32 Å². The van der Waals surface area contributed by atoms with E-state index in [0.29, 0.717) is 17.9 Å². The van der Waals surface area contributed by atoms with Gasteiger partial charge in [-0.1, -0.05) is 30.3 Å². The number of anilines is 1. The van der Waals surface area contributed by atoms with Gasteiger partial charge >= 0.3 is 6.18 Å². The van der Waals surface area contributed by atoms with E-state index < -0.39 is 11.9 Å². The third-order valence-corrected chi connectivity index (χ3v) is 4.75. The molecular weight excluding hydrogens is 383 g/mol. The second-order valence-electron chi connectivity index (χ2n) is 7.16. The van der Waals surface area contributed by atoms with Crippen LogP contribution in [0, 0.1) is 0 Å². The highest BCUT2D eigenvalue weighted by atomic mass is 19.4. The molecule has 1 fully saturated rings. The summed E-state index contributed by atoms with van der Waals surface area (Å²) < 4.78 is 41.9. The molecule has 2 heterocycles. The summed E-state index contributed by atoms with van der Waals surface area (Å²) in [5, 5.41) is 10.6. The second kappa shape index (κ2) is 7.73. The topological polar surface area (TPSA) is 64.7 Å². The predicted octanol–water partition coefficient (Wildman–Crippen LogP) is 4.05. The second-order valence-corrected chi connectivity index (χ2v) is 7.16. The SMILES string of the molecule is O=C(CCn1nc(C(F)(F)F)cc1C1CC1)Nc1cnn(Cc2ccccc2)c1. The molecule has 0 saturated heterocycles. The highest BCUT2D eigenvalue weighted by Gasteiger charge is 2.37. The molecule has 1 aromatic carbocycles. The number of hydrogen-bond acceptors (Lipinski definition) is 3. The molecule has 29 heavy (non-hydrogen) atoms. The van der Waals surface area contributed by atoms with Gasteiger partial charge in [0.05, 0.1) is 18.4 Å². The van der Waals surface area contributed by atoms with E-state index in [0.717, 1.165) is 24.5 Å². The lowest BCUT2D eigenvalue weighted by Crippen LogP contribution is -2.16. The molecule has 0 radical (unpaired) electrons. The lowest BCUT2D eigenvalue weighted by molar-refractivity contribution is -0.141. The van der Waals surface area contributed by atoms with Gasteiger partial charge in [0.2, 0.25) is 5.91 Å². The minimum atomic E-state index is -4.48. The van der Waals surface area contributed by atoms with Gasteiger partial charge in [-0.05, 0) is 24.5 Å². The molecule has 0 spiro atoms. The van der Waals surface area contributed by atoms with Crippen molar-refractivity contribution in [2.75, 3.05) is 5.32 Å². The molecule has 0 aliphatic heterocycles. The molecular formula is C20H20F3N5O. The first-order valence-electron chi connectivity index (χ1n) is 9.39. The average molecular weight is 403 g/mol. The van der Waals surface area contributed by atoms with Gasteiger partial charge in [0.1, 0.15) is 0 Å². The fraction of sp³-hybridized carbons (Fsp3) is 0.350. The maximum Gasteiger partial charge on any atom is 0.435 e. The summed E-state index contributed by atoms with van der Waals surface area (Å²) in [6.07, 6.45) is 0.529. The van der Waals surface area contributed by atoms with E-state index in [1.54, 1.807) is 17.1 Å². The summed E-state index contributed by atoms with van der Waals surface area (Å²) >= 11 is 0. The van der Waals surface area contributed by atoms with Crippen LogP contribution in [0.15, 0.2) is 48.8 Å². The van der Waals surface area contributed by atoms with Crippen LogP contribution in [-0.4, -0.2) is 25.5 Å². The van der Waals surface area contributed by atoms with Crippen LogP contribution in [0.2, 0.25) is 0 Å². The number of nitrogens with one attached hydrogen (secondary N) is 1. The first kappa shape index (κ1) is 19.2. The molecule has 6 nitrogen and oxygen atoms in total. The van der Waals surface area contributed by atoms with Crippen LogP contribution in [0.3, 0.4) is 0 Å². The molecule has 1 amide bonds. The van der Waals surface area contributed by atoms with Crippen molar-refractivity contribution in [3.05, 3.63) is 65.7 Å². The maximum absolute atomic E-state index is 12.9. The zero-order valence-electron chi connectivity index (χ0n) is 15.6. The molecule has 2 aromatic heterocycles. The van der Waals surface area contributed by atoms with Crippen LogP contribution < -0.4 is 5.32 Å². The smallest absolute Gasteiger partial charge is 0.323 e. The average Bonchev–Trinajstić information content (AvgIpc) is 3.27. The Morgan fingerprint density at radius 1 is 1.21 bits per heavy atom. The van der Waals surface area contributed by atoms with Crippen LogP contribution in [0.4, 0.5) is 18.9 Å². The zero-order valence-corrected chi connectivity index (χ0v) is 15.6. The van der Waals surface area contributed by atoms with Gasteiger partial charge in [0.25, 0.3) is 0 Å². The quantitative estimate of drug-likeness (QED) is 0.647. The van der Waals surface area contributed by atoms with E-state index in [1.807, 2.05) is 30.3 Å². The molecule has 1 saturated carbocycles. The molecule has 1 N–H and O–H groups in total. The Bertz CT molecular complexity index is 989. The van der Waals surface area contributed by atoms with Gasteiger partial charge in [-0.25, -0.2) is 0 Å². The Balaban J connectivity index is 1.34. The highest BCUT2D eigenvalue weighted by Crippen LogP contribution is 2.42. The van der Waals surface area contributed by atoms with Crippen molar-refractivity contribution in [3.8, 4) is 0 Å². The first-order valence-corrected chi connectivity index (χ1v) is 9.39. The summed E-state index contributed by atoms with van der Waals surface area (Å²) in [5.41, 5.74) is 1.29. The molecule has 4 rings (SSSR count). The van der Waals surface area contributed by atoms with Crippen LogP contribution in [0.25, 0.3) is 0 Å². The Hall–Kier alpha value is -3.10. The normalized spacial score (nSPS) is 14.2. The molecule has 1 aliphatic rings. The van der Waals surface area contributed by atoms with E-state index in [9.17, 15) is 18.0 Å². The number of rotatable bonds is 7. The van der Waals surface area contributed by atoms with Gasteiger partial charge in [0, 0.05) is 30.8 Å². The summed E-state index contributed by atoms with van der Waals surface area (Å²) in [5.74, 6) is -0.187. The van der Waals surface area contributed by atoms with E-state index >= 15 is 0 Å². The predicted molar refractivity (Wildman–Crippen MR) is 100 cm³/mol. The lowest BCUT2D eigenvalue weighted by Gasteiger charge is -2.07. The number of halogens is 3. The number of hydrogen-bond donors (Lipinski definition) is 1. The minimum Gasteiger partial charge on any atom is -0.323 e. The molecule has 1 aliphatic carbocycles. The third-order valence-electron chi connectivity index (χ3n) is 4.75. The van der Waals surface area contributed by atoms with Gasteiger partial charge in [0.15, 0.2) is 5.69 Å². The van der Waals surface area contributed by atoms with Crippen molar-refractivity contribution < 1.29 is 18.0 Å². The Morgan fingerprint density at radius 2 is 1.97 bits per heavy atom. The van der Waals surface area contributed by atoms with Gasteiger partial charge in [-0.2, -0.15) is 23.4 Å². The number of benzene rings is 1. The molecule has 3 aromatic rings. The number of carbonyl (C=O) groups is 1. The fourth-order valence-corrected chi connectivity index (χ4v) is 3.17. The molecule has 0 unspecified atom stereocenters. The van der Waals surface area contributed by atoms with E-state index in [2.05, 4.69) is 15.5 Å². The number of carbonyl (C=O) groups excluding carboxylic acids is 1. The van der Waals surface area contributed by atoms with Crippen molar-refractivity contribution in [1.29, 1.82) is 0 Å². The minimum absolute atomic E-state index is 0.0303. The van der Waals surface area contributed by atoms with E-state index in [4.69, 9.17) is 0 Å². The zero-order chi connectivity index (χ0) is 20.4. The van der Waals surface area contributed by atoms with Gasteiger partial charge in [-0.3, -0.25) is 14.2 Å². The first-order chi connectivity index (χ1) is 13.9. The maximum atomic E-state index is 12.9. The number of nitrogens with zero attached hydrogens (tertiary/aromatic N) is 4. The third kappa shape index (κ3) is 4.85. The van der Waals surface area contributed by atoms with Crippen molar-refractivity contribution in [2.45, 2.75) is 44.4 Å². The standard InChI is InChI=1S/C20H20F3N5O/c21-20(22,23)18-10-17(15-6-7-15)28(26-18)9-8-19(29)25-16-11-24-27(13-16)12-14-4-2-1-3-5-14/h1-5,10-11,13,15H,6-9,12H2,(H,25,29). The highest BCUT2D eigenvalue weighted by molar-refractivity contribution is 5.90. The number of aromatic nitrogens is 4. The largest absolute Gasteiger partial charge is 0.435 e. The number of aryl methyl sites for hydroxylation is 1. The number of amides is 1. The van der Waals surface area contributed by atoms with Crippen molar-refractivity contribution in [1.82, 2.24) is 19.6 Å². The summed E-state index contributed by atoms with van der Waals surface area (Å²) in [7, 11) is 0. The Morgan fingerprint density at radius 3 is 2.66 bits per heavy atom. The Labute approximate surface area is 165 Å². The monoisotopic (exact) mass is 403 g/mol.